The Kier molecular flexibility index (Phi) is 9.64. The van der Waals surface area contributed by atoms with Crippen LogP contribution in [0.5, 0.6) is 5.75 Å². The molecule has 12 nitrogen and oxygen atoms in total. The van der Waals surface area contributed by atoms with Crippen LogP contribution in [0.1, 0.15) is 31.9 Å². The number of halogens is 2. The van der Waals surface area contributed by atoms with Gasteiger partial charge in [0.05, 0.1) is 23.4 Å². The SMILES string of the molecule is CC[C@@H](C)n1ncn(-c2ccc(N3CCN(c4ccc(OCC5CO[C@@](Cn6cncn6)(c6ccc(Cl)cc6Cl)O5)cc4)CC3)cc2)c1=O. The minimum absolute atomic E-state index is 0.0645. The van der Waals surface area contributed by atoms with Gasteiger partial charge in [-0.25, -0.2) is 23.7 Å². The average Bonchev–Trinajstić information content (AvgIpc) is 3.88. The fourth-order valence-electron chi connectivity index (χ4n) is 6.24. The van der Waals surface area contributed by atoms with E-state index in [0.29, 0.717) is 28.8 Å². The van der Waals surface area contributed by atoms with Gasteiger partial charge in [-0.05, 0) is 74.0 Å². The van der Waals surface area contributed by atoms with Crippen LogP contribution in [0.25, 0.3) is 5.69 Å². The second kappa shape index (κ2) is 14.2. The van der Waals surface area contributed by atoms with Crippen molar-refractivity contribution in [3.8, 4) is 11.4 Å². The molecule has 0 bridgehead atoms. The second-order valence-electron chi connectivity index (χ2n) is 12.3. The van der Waals surface area contributed by atoms with Crippen molar-refractivity contribution in [2.75, 3.05) is 49.2 Å². The third-order valence-electron chi connectivity index (χ3n) is 9.15. The summed E-state index contributed by atoms with van der Waals surface area (Å²) in [5.74, 6) is -0.410. The molecule has 0 saturated carbocycles. The maximum atomic E-state index is 12.8. The molecule has 7 rings (SSSR count). The summed E-state index contributed by atoms with van der Waals surface area (Å²) in [7, 11) is 0. The first-order valence-electron chi connectivity index (χ1n) is 16.4. The van der Waals surface area contributed by atoms with Crippen LogP contribution in [0.3, 0.4) is 0 Å². The van der Waals surface area contributed by atoms with Crippen molar-refractivity contribution in [2.45, 2.75) is 44.7 Å². The molecule has 2 saturated heterocycles. The number of piperazine rings is 1. The molecule has 2 aliphatic heterocycles. The van der Waals surface area contributed by atoms with Gasteiger partial charge in [0, 0.05) is 48.1 Å². The van der Waals surface area contributed by atoms with Gasteiger partial charge in [-0.15, -0.1) is 0 Å². The first-order valence-corrected chi connectivity index (χ1v) is 17.2. The molecule has 0 amide bonds. The van der Waals surface area contributed by atoms with E-state index < -0.39 is 5.79 Å². The molecule has 256 valence electrons. The topological polar surface area (TPSA) is 105 Å². The van der Waals surface area contributed by atoms with E-state index in [4.69, 9.17) is 37.4 Å². The fraction of sp³-hybridized carbons (Fsp3) is 0.371. The fourth-order valence-corrected chi connectivity index (χ4v) is 6.79. The van der Waals surface area contributed by atoms with Gasteiger partial charge < -0.3 is 24.0 Å². The Balaban J connectivity index is 0.925. The molecule has 2 aromatic heterocycles. The molecule has 1 unspecified atom stereocenters. The summed E-state index contributed by atoms with van der Waals surface area (Å²) in [5, 5.41) is 9.50. The summed E-state index contributed by atoms with van der Waals surface area (Å²) in [5.41, 5.74) is 3.64. The van der Waals surface area contributed by atoms with E-state index in [9.17, 15) is 4.79 Å². The molecule has 3 atom stereocenters. The lowest BCUT2D eigenvalue weighted by Gasteiger charge is -2.37. The molecule has 4 heterocycles. The van der Waals surface area contributed by atoms with Gasteiger partial charge >= 0.3 is 5.69 Å². The number of rotatable bonds is 11. The van der Waals surface area contributed by atoms with E-state index in [-0.39, 0.29) is 24.4 Å². The lowest BCUT2D eigenvalue weighted by molar-refractivity contribution is -0.190. The third-order valence-corrected chi connectivity index (χ3v) is 9.70. The van der Waals surface area contributed by atoms with E-state index in [1.807, 2.05) is 44.2 Å². The Morgan fingerprint density at radius 3 is 2.22 bits per heavy atom. The molecule has 2 aliphatic rings. The van der Waals surface area contributed by atoms with Gasteiger partial charge in [-0.1, -0.05) is 36.2 Å². The minimum atomic E-state index is -1.16. The number of aromatic nitrogens is 6. The van der Waals surface area contributed by atoms with Crippen LogP contribution in [0.15, 0.2) is 90.5 Å². The van der Waals surface area contributed by atoms with Gasteiger partial charge in [-0.2, -0.15) is 10.2 Å². The normalized spacial score (nSPS) is 20.1. The lowest BCUT2D eigenvalue weighted by atomic mass is 10.1. The number of ether oxygens (including phenoxy) is 3. The quantitative estimate of drug-likeness (QED) is 0.174. The zero-order valence-corrected chi connectivity index (χ0v) is 28.9. The summed E-state index contributed by atoms with van der Waals surface area (Å²) in [6.45, 7) is 8.48. The second-order valence-corrected chi connectivity index (χ2v) is 13.1. The Labute approximate surface area is 294 Å². The molecule has 14 heteroatoms. The van der Waals surface area contributed by atoms with Crippen LogP contribution in [0.4, 0.5) is 11.4 Å². The standard InChI is InChI=1S/C35H38Cl2N8O4/c1-3-25(2)45-34(46)44(24-40-45)29-7-5-27(6-8-29)41-14-16-42(17-15-41)28-9-11-30(12-10-28)47-19-31-20-48-35(49-31,21-43-23-38-22-39-43)32-13-4-26(36)18-33(32)37/h4-13,18,22-25,31H,3,14-17,19-21H2,1-2H3/t25-,31?,35-/m1/s1. The Bertz CT molecular complexity index is 1910. The highest BCUT2D eigenvalue weighted by Gasteiger charge is 2.45. The zero-order valence-electron chi connectivity index (χ0n) is 27.4. The molecule has 3 aromatic carbocycles. The average molecular weight is 706 g/mol. The number of hydrogen-bond acceptors (Lipinski definition) is 9. The Hall–Kier alpha value is -4.36. The van der Waals surface area contributed by atoms with Crippen molar-refractivity contribution < 1.29 is 14.2 Å². The predicted octanol–water partition coefficient (Wildman–Crippen LogP) is 5.58. The number of benzene rings is 3. The van der Waals surface area contributed by atoms with Gasteiger partial charge in [0.1, 0.15) is 44.0 Å². The predicted molar refractivity (Wildman–Crippen MR) is 188 cm³/mol. The molecule has 0 spiro atoms. The Morgan fingerprint density at radius 1 is 0.918 bits per heavy atom. The summed E-state index contributed by atoms with van der Waals surface area (Å²) in [6.07, 6.45) is 5.19. The molecule has 5 aromatic rings. The van der Waals surface area contributed by atoms with Crippen molar-refractivity contribution in [1.82, 2.24) is 29.1 Å². The molecule has 0 radical (unpaired) electrons. The Morgan fingerprint density at radius 2 is 1.59 bits per heavy atom. The number of hydrogen-bond donors (Lipinski definition) is 0. The summed E-state index contributed by atoms with van der Waals surface area (Å²) in [4.78, 5) is 21.6. The van der Waals surface area contributed by atoms with E-state index in [1.165, 1.54) is 11.0 Å². The van der Waals surface area contributed by atoms with Crippen molar-refractivity contribution >= 4 is 34.6 Å². The monoisotopic (exact) mass is 704 g/mol. The van der Waals surface area contributed by atoms with Crippen molar-refractivity contribution in [3.63, 3.8) is 0 Å². The summed E-state index contributed by atoms with van der Waals surface area (Å²) >= 11 is 12.7. The van der Waals surface area contributed by atoms with Crippen molar-refractivity contribution in [1.29, 1.82) is 0 Å². The smallest absolute Gasteiger partial charge is 0.350 e. The van der Waals surface area contributed by atoms with Crippen LogP contribution in [-0.4, -0.2) is 74.6 Å². The first-order chi connectivity index (χ1) is 23.8. The largest absolute Gasteiger partial charge is 0.491 e. The molecule has 2 fully saturated rings. The van der Waals surface area contributed by atoms with Crippen LogP contribution in [-0.2, 0) is 21.8 Å². The van der Waals surface area contributed by atoms with E-state index in [2.05, 4.69) is 49.2 Å². The lowest BCUT2D eigenvalue weighted by Crippen LogP contribution is -2.46. The third kappa shape index (κ3) is 7.04. The highest BCUT2D eigenvalue weighted by atomic mass is 35.5. The number of nitrogens with zero attached hydrogens (tertiary/aromatic N) is 8. The van der Waals surface area contributed by atoms with Crippen LogP contribution < -0.4 is 20.2 Å². The van der Waals surface area contributed by atoms with Gasteiger partial charge in [0.15, 0.2) is 0 Å². The van der Waals surface area contributed by atoms with Crippen molar-refractivity contribution in [3.05, 3.63) is 112 Å². The molecule has 0 N–H and O–H groups in total. The highest BCUT2D eigenvalue weighted by molar-refractivity contribution is 6.35. The zero-order chi connectivity index (χ0) is 34.0. The first kappa shape index (κ1) is 33.2. The highest BCUT2D eigenvalue weighted by Crippen LogP contribution is 2.40. The maximum absolute atomic E-state index is 12.8. The van der Waals surface area contributed by atoms with Gasteiger partial charge in [0.25, 0.3) is 0 Å². The summed E-state index contributed by atoms with van der Waals surface area (Å²) in [6, 6.07) is 21.6. The number of anilines is 2. The molecular formula is C35H38Cl2N8O4. The summed E-state index contributed by atoms with van der Waals surface area (Å²) < 4.78 is 23.7. The molecule has 49 heavy (non-hydrogen) atoms. The van der Waals surface area contributed by atoms with Gasteiger partial charge in [0.2, 0.25) is 5.79 Å². The van der Waals surface area contributed by atoms with E-state index in [0.717, 1.165) is 55.4 Å². The van der Waals surface area contributed by atoms with E-state index >= 15 is 0 Å². The van der Waals surface area contributed by atoms with E-state index in [1.54, 1.807) is 34.0 Å². The van der Waals surface area contributed by atoms with Crippen LogP contribution in [0, 0.1) is 0 Å². The van der Waals surface area contributed by atoms with Crippen LogP contribution >= 0.6 is 23.2 Å². The van der Waals surface area contributed by atoms with Crippen molar-refractivity contribution in [2.24, 2.45) is 0 Å². The van der Waals surface area contributed by atoms with Gasteiger partial charge in [-0.3, -0.25) is 0 Å². The molecular weight excluding hydrogens is 667 g/mol. The molecule has 0 aliphatic carbocycles. The maximum Gasteiger partial charge on any atom is 0.350 e. The van der Waals surface area contributed by atoms with Crippen LogP contribution in [0.2, 0.25) is 10.0 Å². The minimum Gasteiger partial charge on any atom is -0.491 e.